The second kappa shape index (κ2) is 10.9. The Morgan fingerprint density at radius 2 is 1.16 bits per heavy atom. The van der Waals surface area contributed by atoms with Gasteiger partial charge in [0.2, 0.25) is 0 Å². The molecule has 0 unspecified atom stereocenters. The summed E-state index contributed by atoms with van der Waals surface area (Å²) in [5.41, 5.74) is 4.94. The number of rotatable bonds is 4. The lowest BCUT2D eigenvalue weighted by Crippen LogP contribution is -2.00. The van der Waals surface area contributed by atoms with Gasteiger partial charge in [0.15, 0.2) is 17.5 Å². The van der Waals surface area contributed by atoms with Crippen molar-refractivity contribution in [2.24, 2.45) is 0 Å². The molecule has 0 bridgehead atoms. The van der Waals surface area contributed by atoms with Crippen LogP contribution in [0.1, 0.15) is 8.22 Å². The minimum absolute atomic E-state index is 0.0359. The average molecular weight is 678 g/mol. The van der Waals surface area contributed by atoms with Crippen molar-refractivity contribution in [1.82, 2.24) is 15.0 Å². The van der Waals surface area contributed by atoms with Crippen LogP contribution in [0.5, 0.6) is 0 Å². The van der Waals surface area contributed by atoms with Crippen LogP contribution in [0.15, 0.2) is 160 Å². The van der Waals surface area contributed by atoms with Crippen LogP contribution in [-0.4, -0.2) is 15.0 Å². The summed E-state index contributed by atoms with van der Waals surface area (Å²) >= 11 is 1.16. The van der Waals surface area contributed by atoms with E-state index in [0.717, 1.165) is 32.9 Å². The summed E-state index contributed by atoms with van der Waals surface area (Å²) in [6.07, 6.45) is 0. The number of fused-ring (bicyclic) bond motifs is 9. The molecule has 0 atom stereocenters. The Morgan fingerprint density at radius 1 is 0.471 bits per heavy atom. The Balaban J connectivity index is 1.21. The first-order chi connectivity index (χ1) is 27.8. The van der Waals surface area contributed by atoms with Crippen molar-refractivity contribution in [2.75, 3.05) is 0 Å². The quantitative estimate of drug-likeness (QED) is 0.185. The number of aromatic nitrogens is 3. The van der Waals surface area contributed by atoms with E-state index in [-0.39, 0.29) is 58.4 Å². The van der Waals surface area contributed by atoms with Gasteiger partial charge >= 0.3 is 0 Å². The van der Waals surface area contributed by atoms with Gasteiger partial charge in [0.05, 0.1) is 8.22 Å². The molecule has 6 heteroatoms. The summed E-state index contributed by atoms with van der Waals surface area (Å²) in [5.74, 6) is 0.687. The van der Waals surface area contributed by atoms with E-state index in [1.165, 1.54) is 0 Å². The van der Waals surface area contributed by atoms with Crippen molar-refractivity contribution in [2.45, 2.75) is 0 Å². The highest BCUT2D eigenvalue weighted by Gasteiger charge is 2.20. The number of hydrogen-bond acceptors (Lipinski definition) is 6. The topological polar surface area (TPSA) is 65.0 Å². The van der Waals surface area contributed by atoms with Crippen molar-refractivity contribution >= 4 is 75.4 Å². The number of para-hydroxylation sites is 3. The first-order valence-corrected chi connectivity index (χ1v) is 17.2. The summed E-state index contributed by atoms with van der Waals surface area (Å²) in [6.45, 7) is 0. The summed E-state index contributed by atoms with van der Waals surface area (Å²) in [4.78, 5) is 14.7. The van der Waals surface area contributed by atoms with Crippen LogP contribution in [0.2, 0.25) is 0 Å². The standard InChI is InChI=1S/C45H25N3O2S/c1-2-11-26(12-3-1)43-46-44(48-45(47-43)35-19-10-22-38-40(35)34-14-5-7-21-37(34)49-38)27-23-24-29-32-17-9-18-33(42(32)51-39(29)25-27)31-16-8-15-30-28-13-4-6-20-36(28)50-41(30)31/h1-25H/i9D,17D,18D,23D,24D,25D. The summed E-state index contributed by atoms with van der Waals surface area (Å²) in [6, 6.07) is 34.8. The van der Waals surface area contributed by atoms with E-state index in [1.54, 1.807) is 0 Å². The smallest absolute Gasteiger partial charge is 0.164 e. The highest BCUT2D eigenvalue weighted by molar-refractivity contribution is 7.26. The first-order valence-electron chi connectivity index (χ1n) is 19.4. The number of nitrogens with zero attached hydrogens (tertiary/aromatic N) is 3. The van der Waals surface area contributed by atoms with Crippen LogP contribution in [0, 0.1) is 0 Å². The number of hydrogen-bond donors (Lipinski definition) is 0. The maximum Gasteiger partial charge on any atom is 0.164 e. The van der Waals surface area contributed by atoms with Gasteiger partial charge in [-0.25, -0.2) is 15.0 Å². The Hall–Kier alpha value is -6.63. The minimum atomic E-state index is -0.317. The molecule has 11 rings (SSSR count). The van der Waals surface area contributed by atoms with Gasteiger partial charge in [-0.3, -0.25) is 0 Å². The number of thiophene rings is 1. The molecule has 7 aromatic carbocycles. The van der Waals surface area contributed by atoms with Crippen LogP contribution < -0.4 is 0 Å². The summed E-state index contributed by atoms with van der Waals surface area (Å²) in [5, 5.41) is 3.91. The maximum absolute atomic E-state index is 9.69. The molecule has 0 amide bonds. The normalized spacial score (nSPS) is 13.6. The molecule has 238 valence electrons. The fourth-order valence-corrected chi connectivity index (χ4v) is 8.08. The van der Waals surface area contributed by atoms with Gasteiger partial charge in [-0.05, 0) is 24.2 Å². The molecule has 4 heterocycles. The highest BCUT2D eigenvalue weighted by atomic mass is 32.1. The Kier molecular flexibility index (Phi) is 4.91. The van der Waals surface area contributed by atoms with Crippen LogP contribution in [-0.2, 0) is 0 Å². The van der Waals surface area contributed by atoms with Gasteiger partial charge in [-0.2, -0.15) is 0 Å². The number of furan rings is 2. The SMILES string of the molecule is [2H]c1c([2H])c([2H])c2c(sc3c([2H])c(-c4nc(-c5ccccc5)nc(-c5cccc6oc7ccccc7c56)n4)c([2H])c([2H])c32)c1-c1cccc2c1oc1ccccc12. The maximum atomic E-state index is 9.69. The van der Waals surface area contributed by atoms with Crippen LogP contribution in [0.25, 0.3) is 109 Å². The Bertz CT molecular complexity index is 3510. The molecule has 0 fully saturated rings. The minimum Gasteiger partial charge on any atom is -0.456 e. The van der Waals surface area contributed by atoms with Gasteiger partial charge in [0, 0.05) is 69.5 Å². The molecule has 0 aliphatic heterocycles. The van der Waals surface area contributed by atoms with E-state index < -0.39 is 0 Å². The van der Waals surface area contributed by atoms with Gasteiger partial charge in [0.25, 0.3) is 0 Å². The third-order valence-electron chi connectivity index (χ3n) is 9.27. The van der Waals surface area contributed by atoms with Crippen molar-refractivity contribution in [3.05, 3.63) is 152 Å². The lowest BCUT2D eigenvalue weighted by molar-refractivity contribution is 0.669. The molecular formula is C45H25N3O2S. The molecule has 0 radical (unpaired) electrons. The summed E-state index contributed by atoms with van der Waals surface area (Å²) in [7, 11) is 0. The predicted octanol–water partition coefficient (Wildman–Crippen LogP) is 12.7. The zero-order valence-electron chi connectivity index (χ0n) is 32.5. The molecule has 11 aromatic rings. The lowest BCUT2D eigenvalue weighted by Gasteiger charge is -2.09. The van der Waals surface area contributed by atoms with Crippen LogP contribution in [0.3, 0.4) is 0 Å². The van der Waals surface area contributed by atoms with Gasteiger partial charge < -0.3 is 8.83 Å². The molecular weight excluding hydrogens is 647 g/mol. The Morgan fingerprint density at radius 3 is 2.04 bits per heavy atom. The second-order valence-corrected chi connectivity index (χ2v) is 13.3. The van der Waals surface area contributed by atoms with E-state index in [4.69, 9.17) is 27.9 Å². The molecule has 0 aliphatic carbocycles. The largest absolute Gasteiger partial charge is 0.456 e. The highest BCUT2D eigenvalue weighted by Crippen LogP contribution is 2.44. The van der Waals surface area contributed by atoms with Crippen molar-refractivity contribution < 1.29 is 17.1 Å². The fraction of sp³-hybridized carbons (Fsp3) is 0. The van der Waals surface area contributed by atoms with E-state index >= 15 is 0 Å². The van der Waals surface area contributed by atoms with Crippen molar-refractivity contribution in [1.29, 1.82) is 0 Å². The Labute approximate surface area is 303 Å². The zero-order chi connectivity index (χ0) is 38.7. The molecule has 0 aliphatic rings. The average Bonchev–Trinajstić information content (AvgIpc) is 3.95. The molecule has 51 heavy (non-hydrogen) atoms. The molecule has 0 saturated heterocycles. The third-order valence-corrected chi connectivity index (χ3v) is 10.4. The lowest BCUT2D eigenvalue weighted by atomic mass is 10.00. The second-order valence-electron chi connectivity index (χ2n) is 12.2. The predicted molar refractivity (Wildman–Crippen MR) is 209 cm³/mol. The molecule has 0 saturated carbocycles. The zero-order valence-corrected chi connectivity index (χ0v) is 27.4. The monoisotopic (exact) mass is 677 g/mol. The molecule has 0 spiro atoms. The van der Waals surface area contributed by atoms with Gasteiger partial charge in [-0.15, -0.1) is 11.3 Å². The fourth-order valence-electron chi connectivity index (χ4n) is 6.95. The third kappa shape index (κ3) is 4.37. The van der Waals surface area contributed by atoms with E-state index in [2.05, 4.69) is 0 Å². The van der Waals surface area contributed by atoms with Crippen LogP contribution in [0.4, 0.5) is 0 Å². The molecule has 5 nitrogen and oxygen atoms in total. The van der Waals surface area contributed by atoms with Crippen molar-refractivity contribution in [3.63, 3.8) is 0 Å². The van der Waals surface area contributed by atoms with E-state index in [1.807, 2.05) is 115 Å². The van der Waals surface area contributed by atoms with Gasteiger partial charge in [0.1, 0.15) is 22.3 Å². The molecule has 0 N–H and O–H groups in total. The molecule has 4 aromatic heterocycles. The van der Waals surface area contributed by atoms with Gasteiger partial charge in [-0.1, -0.05) is 127 Å². The first kappa shape index (κ1) is 22.9. The van der Waals surface area contributed by atoms with Crippen molar-refractivity contribution in [3.8, 4) is 45.3 Å². The summed E-state index contributed by atoms with van der Waals surface area (Å²) < 4.78 is 69.0. The van der Waals surface area contributed by atoms with E-state index in [0.29, 0.717) is 65.6 Å². The number of benzene rings is 7. The van der Waals surface area contributed by atoms with E-state index in [9.17, 15) is 4.11 Å². The van der Waals surface area contributed by atoms with Crippen LogP contribution >= 0.6 is 11.3 Å².